The smallest absolute Gasteiger partial charge is 0.160 e. The molecule has 9 aromatic carbocycles. The summed E-state index contributed by atoms with van der Waals surface area (Å²) in [5.74, 6) is 0.664. The SMILES string of the molecule is c1ccc(-c2cc(-c3cccc(C(c4ccccc4)(c4ccccc4)c4ccccc4)c3)nc(-c3cccc(C(c4ccccc4)(c4ccccc4)c4ccccc4)c3)n2)cc1. The van der Waals surface area contributed by atoms with Crippen molar-refractivity contribution in [3.05, 3.63) is 311 Å². The van der Waals surface area contributed by atoms with Gasteiger partial charge in [-0.2, -0.15) is 0 Å². The molecule has 0 radical (unpaired) electrons. The first-order valence-corrected chi connectivity index (χ1v) is 21.2. The highest BCUT2D eigenvalue weighted by atomic mass is 14.9. The lowest BCUT2D eigenvalue weighted by atomic mass is 9.65. The van der Waals surface area contributed by atoms with E-state index in [-0.39, 0.29) is 0 Å². The Balaban J connectivity index is 1.20. The molecule has 10 rings (SSSR count). The highest BCUT2D eigenvalue weighted by Gasteiger charge is 2.40. The second-order valence-electron chi connectivity index (χ2n) is 15.7. The van der Waals surface area contributed by atoms with Gasteiger partial charge in [0.15, 0.2) is 5.82 Å². The fourth-order valence-corrected chi connectivity index (χ4v) is 9.41. The van der Waals surface area contributed by atoms with Gasteiger partial charge in [-0.25, -0.2) is 9.97 Å². The molecule has 2 nitrogen and oxygen atoms in total. The van der Waals surface area contributed by atoms with Crippen molar-refractivity contribution in [2.45, 2.75) is 10.8 Å². The summed E-state index contributed by atoms with van der Waals surface area (Å²) in [5.41, 5.74) is 12.9. The van der Waals surface area contributed by atoms with Gasteiger partial charge < -0.3 is 0 Å². The molecule has 0 fully saturated rings. The topological polar surface area (TPSA) is 25.8 Å². The Hall–Kier alpha value is -7.94. The fourth-order valence-electron chi connectivity index (χ4n) is 9.41. The number of nitrogens with zero attached hydrogens (tertiary/aromatic N) is 2. The minimum Gasteiger partial charge on any atom is -0.228 e. The summed E-state index contributed by atoms with van der Waals surface area (Å²) in [6.07, 6.45) is 0. The molecule has 0 bridgehead atoms. The maximum absolute atomic E-state index is 5.47. The van der Waals surface area contributed by atoms with Crippen molar-refractivity contribution in [2.24, 2.45) is 0 Å². The van der Waals surface area contributed by atoms with E-state index in [9.17, 15) is 0 Å². The molecule has 0 saturated heterocycles. The van der Waals surface area contributed by atoms with E-state index in [0.29, 0.717) is 5.82 Å². The Morgan fingerprint density at radius 3 is 0.823 bits per heavy atom. The van der Waals surface area contributed by atoms with Gasteiger partial charge in [-0.3, -0.25) is 0 Å². The van der Waals surface area contributed by atoms with Gasteiger partial charge in [-0.15, -0.1) is 0 Å². The molecule has 0 amide bonds. The van der Waals surface area contributed by atoms with Gasteiger partial charge in [0.2, 0.25) is 0 Å². The average molecular weight is 793 g/mol. The van der Waals surface area contributed by atoms with Crippen molar-refractivity contribution in [3.8, 4) is 33.9 Å². The number of rotatable bonds is 11. The highest BCUT2D eigenvalue weighted by molar-refractivity contribution is 5.74. The summed E-state index contributed by atoms with van der Waals surface area (Å²) in [5, 5.41) is 0. The molecule has 0 N–H and O–H groups in total. The van der Waals surface area contributed by atoms with Crippen molar-refractivity contribution < 1.29 is 0 Å². The molecule has 1 heterocycles. The first-order valence-electron chi connectivity index (χ1n) is 21.2. The van der Waals surface area contributed by atoms with Crippen LogP contribution in [0, 0.1) is 0 Å². The van der Waals surface area contributed by atoms with Crippen LogP contribution in [0.3, 0.4) is 0 Å². The minimum atomic E-state index is -0.608. The van der Waals surface area contributed by atoms with Crippen LogP contribution in [0.15, 0.2) is 267 Å². The molecule has 0 spiro atoms. The Morgan fingerprint density at radius 2 is 0.468 bits per heavy atom. The molecule has 10 aromatic rings. The predicted molar refractivity (Wildman–Crippen MR) is 255 cm³/mol. The van der Waals surface area contributed by atoms with Crippen molar-refractivity contribution >= 4 is 0 Å². The van der Waals surface area contributed by atoms with E-state index in [1.807, 2.05) is 6.07 Å². The zero-order chi connectivity index (χ0) is 41.6. The molecule has 0 aliphatic carbocycles. The summed E-state index contributed by atoms with van der Waals surface area (Å²) in [4.78, 5) is 10.8. The summed E-state index contributed by atoms with van der Waals surface area (Å²) >= 11 is 0. The third kappa shape index (κ3) is 6.92. The van der Waals surface area contributed by atoms with Crippen molar-refractivity contribution in [1.82, 2.24) is 9.97 Å². The standard InChI is InChI=1S/C60H44N2/c1-8-24-45(25-9-1)56-44-57(46-26-22-40-54(42-46)59(48-28-10-2-11-29-48,49-30-12-3-13-31-49)50-32-14-4-15-33-50)62-58(61-56)47-27-23-41-55(43-47)60(51-34-16-5-17-35-51,52-36-18-6-19-37-52)53-38-20-7-21-39-53/h1-44H. The van der Waals surface area contributed by atoms with Crippen LogP contribution in [-0.2, 0) is 10.8 Å². The lowest BCUT2D eigenvalue weighted by molar-refractivity contribution is 0.745. The largest absolute Gasteiger partial charge is 0.228 e. The van der Waals surface area contributed by atoms with E-state index >= 15 is 0 Å². The number of aromatic nitrogens is 2. The third-order valence-corrected chi connectivity index (χ3v) is 12.2. The van der Waals surface area contributed by atoms with Crippen LogP contribution in [-0.4, -0.2) is 9.97 Å². The van der Waals surface area contributed by atoms with Crippen molar-refractivity contribution in [3.63, 3.8) is 0 Å². The first-order chi connectivity index (χ1) is 30.7. The van der Waals surface area contributed by atoms with E-state index in [0.717, 1.165) is 39.2 Å². The lowest BCUT2D eigenvalue weighted by Crippen LogP contribution is -2.31. The molecule has 0 atom stereocenters. The predicted octanol–water partition coefficient (Wildman–Crippen LogP) is 14.2. The summed E-state index contributed by atoms with van der Waals surface area (Å²) in [6.45, 7) is 0. The zero-order valence-corrected chi connectivity index (χ0v) is 34.3. The molecule has 0 saturated carbocycles. The Labute approximate surface area is 364 Å². The summed E-state index contributed by atoms with van der Waals surface area (Å²) in [7, 11) is 0. The monoisotopic (exact) mass is 792 g/mol. The van der Waals surface area contributed by atoms with Crippen LogP contribution >= 0.6 is 0 Å². The van der Waals surface area contributed by atoms with Gasteiger partial charge in [-0.1, -0.05) is 249 Å². The van der Waals surface area contributed by atoms with Crippen LogP contribution < -0.4 is 0 Å². The van der Waals surface area contributed by atoms with E-state index < -0.39 is 10.8 Å². The van der Waals surface area contributed by atoms with Crippen molar-refractivity contribution in [1.29, 1.82) is 0 Å². The molecule has 0 unspecified atom stereocenters. The van der Waals surface area contributed by atoms with Gasteiger partial charge in [0, 0.05) is 16.7 Å². The van der Waals surface area contributed by atoms with Crippen LogP contribution in [0.1, 0.15) is 44.5 Å². The number of hydrogen-bond acceptors (Lipinski definition) is 2. The highest BCUT2D eigenvalue weighted by Crippen LogP contribution is 2.47. The number of benzene rings is 9. The quantitative estimate of drug-likeness (QED) is 0.122. The van der Waals surface area contributed by atoms with Crippen molar-refractivity contribution in [2.75, 3.05) is 0 Å². The Bertz CT molecular complexity index is 2640. The molecular formula is C60H44N2. The van der Waals surface area contributed by atoms with E-state index in [4.69, 9.17) is 9.97 Å². The first kappa shape index (κ1) is 38.3. The molecule has 0 aliphatic heterocycles. The normalized spacial score (nSPS) is 11.5. The van der Waals surface area contributed by atoms with E-state index in [1.165, 1.54) is 33.4 Å². The summed E-state index contributed by atoms with van der Waals surface area (Å²) in [6, 6.07) is 95.4. The lowest BCUT2D eigenvalue weighted by Gasteiger charge is -2.37. The average Bonchev–Trinajstić information content (AvgIpc) is 3.37. The van der Waals surface area contributed by atoms with Crippen LogP contribution in [0.5, 0.6) is 0 Å². The maximum atomic E-state index is 5.47. The third-order valence-electron chi connectivity index (χ3n) is 12.2. The van der Waals surface area contributed by atoms with Gasteiger partial charge in [0.1, 0.15) is 0 Å². The molecular weight excluding hydrogens is 749 g/mol. The second kappa shape index (κ2) is 17.0. The minimum absolute atomic E-state index is 0.595. The molecule has 62 heavy (non-hydrogen) atoms. The van der Waals surface area contributed by atoms with Crippen LogP contribution in [0.2, 0.25) is 0 Å². The fraction of sp³-hybridized carbons (Fsp3) is 0.0333. The molecule has 2 heteroatoms. The maximum Gasteiger partial charge on any atom is 0.160 e. The summed E-state index contributed by atoms with van der Waals surface area (Å²) < 4.78 is 0. The van der Waals surface area contributed by atoms with Gasteiger partial charge in [0.05, 0.1) is 22.2 Å². The zero-order valence-electron chi connectivity index (χ0n) is 34.3. The van der Waals surface area contributed by atoms with E-state index in [1.54, 1.807) is 0 Å². The molecule has 1 aromatic heterocycles. The Kier molecular flexibility index (Phi) is 10.5. The molecule has 294 valence electrons. The second-order valence-corrected chi connectivity index (χ2v) is 15.7. The van der Waals surface area contributed by atoms with Gasteiger partial charge >= 0.3 is 0 Å². The van der Waals surface area contributed by atoms with Gasteiger partial charge in [0.25, 0.3) is 0 Å². The van der Waals surface area contributed by atoms with Crippen LogP contribution in [0.25, 0.3) is 33.9 Å². The molecule has 0 aliphatic rings. The van der Waals surface area contributed by atoms with Crippen LogP contribution in [0.4, 0.5) is 0 Å². The number of hydrogen-bond donors (Lipinski definition) is 0. The van der Waals surface area contributed by atoms with Gasteiger partial charge in [-0.05, 0) is 62.7 Å². The van der Waals surface area contributed by atoms with E-state index in [2.05, 4.69) is 261 Å². The Morgan fingerprint density at radius 1 is 0.210 bits per heavy atom.